The summed E-state index contributed by atoms with van der Waals surface area (Å²) < 4.78 is 11.1. The molecule has 2 fully saturated rings. The molecule has 0 aliphatic carbocycles. The molecule has 0 bridgehead atoms. The van der Waals surface area contributed by atoms with Gasteiger partial charge in [0.1, 0.15) is 0 Å². The van der Waals surface area contributed by atoms with Crippen LogP contribution in [0.1, 0.15) is 44.1 Å². The molecule has 15 nitrogen and oxygen atoms in total. The number of aromatic nitrogens is 3. The average molecular weight is 578 g/mol. The van der Waals surface area contributed by atoms with E-state index in [-0.39, 0.29) is 11.5 Å². The number of benzene rings is 2. The number of hydrogen-bond donors (Lipinski definition) is 1. The summed E-state index contributed by atoms with van der Waals surface area (Å²) in [5.74, 6) is 1.90. The van der Waals surface area contributed by atoms with Crippen LogP contribution in [0, 0.1) is 20.2 Å². The molecule has 220 valence electrons. The maximum absolute atomic E-state index is 11.6. The first-order valence-corrected chi connectivity index (χ1v) is 13.7. The van der Waals surface area contributed by atoms with Crippen molar-refractivity contribution in [3.05, 3.63) is 62.2 Å². The zero-order valence-electron chi connectivity index (χ0n) is 23.1. The Morgan fingerprint density at radius 2 is 1.43 bits per heavy atom. The third kappa shape index (κ3) is 6.79. The summed E-state index contributed by atoms with van der Waals surface area (Å²) in [7, 11) is 1.43. The zero-order valence-corrected chi connectivity index (χ0v) is 23.1. The summed E-state index contributed by atoms with van der Waals surface area (Å²) in [5, 5.41) is 27.0. The van der Waals surface area contributed by atoms with Gasteiger partial charge >= 0.3 is 5.69 Å². The molecule has 1 N–H and O–H groups in total. The number of methoxy groups -OCH3 is 1. The van der Waals surface area contributed by atoms with Gasteiger partial charge in [-0.25, -0.2) is 5.43 Å². The largest absolute Gasteiger partial charge is 0.493 e. The van der Waals surface area contributed by atoms with E-state index in [0.717, 1.165) is 64.0 Å². The van der Waals surface area contributed by atoms with E-state index >= 15 is 0 Å². The highest BCUT2D eigenvalue weighted by Crippen LogP contribution is 2.38. The first-order valence-electron chi connectivity index (χ1n) is 13.7. The van der Waals surface area contributed by atoms with Crippen molar-refractivity contribution < 1.29 is 19.3 Å². The van der Waals surface area contributed by atoms with Crippen molar-refractivity contribution in [3.8, 4) is 17.2 Å². The number of nitrogens with zero attached hydrogens (tertiary/aromatic N) is 8. The molecule has 0 saturated carbocycles. The van der Waals surface area contributed by atoms with E-state index < -0.39 is 21.2 Å². The molecule has 2 aliphatic rings. The van der Waals surface area contributed by atoms with Crippen molar-refractivity contribution in [3.63, 3.8) is 0 Å². The predicted molar refractivity (Wildman–Crippen MR) is 156 cm³/mol. The van der Waals surface area contributed by atoms with Crippen molar-refractivity contribution in [2.75, 3.05) is 48.5 Å². The second-order valence-corrected chi connectivity index (χ2v) is 9.90. The van der Waals surface area contributed by atoms with Gasteiger partial charge in [-0.1, -0.05) is 0 Å². The first kappa shape index (κ1) is 28.4. The number of non-ortho nitro benzene ring substituents is 1. The van der Waals surface area contributed by atoms with Crippen LogP contribution in [0.4, 0.5) is 29.2 Å². The third-order valence-electron chi connectivity index (χ3n) is 7.03. The smallest absolute Gasteiger partial charge is 0.318 e. The Balaban J connectivity index is 1.37. The first-order chi connectivity index (χ1) is 20.4. The molecule has 0 atom stereocenters. The Hall–Kier alpha value is -5.08. The molecule has 3 heterocycles. The van der Waals surface area contributed by atoms with Gasteiger partial charge in [0.25, 0.3) is 5.69 Å². The van der Waals surface area contributed by atoms with Crippen molar-refractivity contribution in [1.29, 1.82) is 0 Å². The number of nitro groups is 2. The van der Waals surface area contributed by atoms with E-state index in [1.165, 1.54) is 32.2 Å². The van der Waals surface area contributed by atoms with Gasteiger partial charge < -0.3 is 19.3 Å². The van der Waals surface area contributed by atoms with Crippen LogP contribution < -0.4 is 24.7 Å². The number of piperidine rings is 2. The molecule has 1 aromatic heterocycles. The second-order valence-electron chi connectivity index (χ2n) is 9.90. The molecule has 5 rings (SSSR count). The third-order valence-corrected chi connectivity index (χ3v) is 7.03. The Bertz CT molecular complexity index is 1440. The molecular weight excluding hydrogens is 546 g/mol. The molecule has 15 heteroatoms. The van der Waals surface area contributed by atoms with Gasteiger partial charge in [-0.2, -0.15) is 20.1 Å². The topological polar surface area (TPSA) is 174 Å². The van der Waals surface area contributed by atoms with Crippen LogP contribution in [0.2, 0.25) is 0 Å². The molecule has 3 aromatic rings. The second kappa shape index (κ2) is 13.1. The van der Waals surface area contributed by atoms with Crippen molar-refractivity contribution in [2.24, 2.45) is 5.10 Å². The van der Waals surface area contributed by atoms with Crippen LogP contribution >= 0.6 is 0 Å². The quantitative estimate of drug-likeness (QED) is 0.196. The molecule has 0 radical (unpaired) electrons. The van der Waals surface area contributed by atoms with Crippen LogP contribution in [0.5, 0.6) is 17.2 Å². The van der Waals surface area contributed by atoms with Gasteiger partial charge in [0.05, 0.1) is 29.2 Å². The van der Waals surface area contributed by atoms with E-state index in [0.29, 0.717) is 29.2 Å². The molecule has 2 saturated heterocycles. The lowest BCUT2D eigenvalue weighted by Crippen LogP contribution is -2.34. The normalized spacial score (nSPS) is 15.5. The van der Waals surface area contributed by atoms with Gasteiger partial charge in [-0.05, 0) is 68.4 Å². The minimum Gasteiger partial charge on any atom is -0.493 e. The van der Waals surface area contributed by atoms with Gasteiger partial charge in [-0.3, -0.25) is 20.2 Å². The number of nitro benzene ring substituents is 2. The van der Waals surface area contributed by atoms with E-state index in [4.69, 9.17) is 14.5 Å². The average Bonchev–Trinajstić information content (AvgIpc) is 3.02. The number of hydrogen-bond acceptors (Lipinski definition) is 13. The summed E-state index contributed by atoms with van der Waals surface area (Å²) in [5.41, 5.74) is 2.54. The fourth-order valence-electron chi connectivity index (χ4n) is 4.86. The Labute approximate surface area is 241 Å². The van der Waals surface area contributed by atoms with Crippen molar-refractivity contribution in [2.45, 2.75) is 38.5 Å². The number of ether oxygens (including phenoxy) is 2. The van der Waals surface area contributed by atoms with E-state index in [1.807, 2.05) is 0 Å². The fraction of sp³-hybridized carbons (Fsp3) is 0.407. The van der Waals surface area contributed by atoms with Crippen LogP contribution in [-0.2, 0) is 0 Å². The van der Waals surface area contributed by atoms with E-state index in [1.54, 1.807) is 18.2 Å². The SMILES string of the molecule is COc1ccc(/C=N\Nc2nc(N3CCCCC3)nc(N3CCCCC3)n2)cc1Oc1ccc([N+](=O)[O-])cc1[N+](=O)[O-]. The van der Waals surface area contributed by atoms with Gasteiger partial charge in [0.15, 0.2) is 11.5 Å². The van der Waals surface area contributed by atoms with Crippen LogP contribution in [-0.4, -0.2) is 64.3 Å². The lowest BCUT2D eigenvalue weighted by molar-refractivity contribution is -0.394. The molecule has 0 unspecified atom stereocenters. The van der Waals surface area contributed by atoms with E-state index in [2.05, 4.69) is 30.3 Å². The standard InChI is InChI=1S/C27H31N9O6/c1-41-23-10-8-19(16-24(23)42-22-11-9-20(35(37)38)17-21(22)36(39)40)18-28-32-25-29-26(33-12-4-2-5-13-33)31-27(30-25)34-14-6-3-7-15-34/h8-11,16-18H,2-7,12-15H2,1H3,(H,29,30,31,32)/b28-18-. The highest BCUT2D eigenvalue weighted by Gasteiger charge is 2.23. The number of rotatable bonds is 10. The Morgan fingerprint density at radius 3 is 2.00 bits per heavy atom. The maximum Gasteiger partial charge on any atom is 0.318 e. The van der Waals surface area contributed by atoms with Crippen molar-refractivity contribution in [1.82, 2.24) is 15.0 Å². The van der Waals surface area contributed by atoms with Crippen LogP contribution in [0.15, 0.2) is 41.5 Å². The lowest BCUT2D eigenvalue weighted by atomic mass is 10.1. The van der Waals surface area contributed by atoms with Gasteiger partial charge in [0, 0.05) is 32.2 Å². The van der Waals surface area contributed by atoms with Crippen molar-refractivity contribution >= 4 is 35.4 Å². The summed E-state index contributed by atoms with van der Waals surface area (Å²) in [6, 6.07) is 8.10. The summed E-state index contributed by atoms with van der Waals surface area (Å²) in [6.45, 7) is 3.59. The highest BCUT2D eigenvalue weighted by atomic mass is 16.6. The monoisotopic (exact) mass is 577 g/mol. The minimum atomic E-state index is -0.741. The lowest BCUT2D eigenvalue weighted by Gasteiger charge is -2.30. The van der Waals surface area contributed by atoms with Gasteiger partial charge in [-0.15, -0.1) is 0 Å². The summed E-state index contributed by atoms with van der Waals surface area (Å²) >= 11 is 0. The summed E-state index contributed by atoms with van der Waals surface area (Å²) in [6.07, 6.45) is 8.30. The molecule has 2 aromatic carbocycles. The number of nitrogens with one attached hydrogen (secondary N) is 1. The maximum atomic E-state index is 11.6. The fourth-order valence-corrected chi connectivity index (χ4v) is 4.86. The van der Waals surface area contributed by atoms with Crippen LogP contribution in [0.25, 0.3) is 0 Å². The number of anilines is 3. The minimum absolute atomic E-state index is 0.165. The van der Waals surface area contributed by atoms with E-state index in [9.17, 15) is 20.2 Å². The molecular formula is C27H31N9O6. The Kier molecular flexibility index (Phi) is 8.84. The molecule has 2 aliphatic heterocycles. The van der Waals surface area contributed by atoms with Gasteiger partial charge in [0.2, 0.25) is 23.6 Å². The molecule has 0 spiro atoms. The zero-order chi connectivity index (χ0) is 29.5. The highest BCUT2D eigenvalue weighted by molar-refractivity contribution is 5.81. The van der Waals surface area contributed by atoms with Crippen LogP contribution in [0.3, 0.4) is 0 Å². The summed E-state index contributed by atoms with van der Waals surface area (Å²) in [4.78, 5) is 39.6. The predicted octanol–water partition coefficient (Wildman–Crippen LogP) is 4.92. The molecule has 42 heavy (non-hydrogen) atoms. The Morgan fingerprint density at radius 1 is 0.810 bits per heavy atom. The number of hydrazone groups is 1. The molecule has 0 amide bonds.